The third kappa shape index (κ3) is 4.40. The lowest BCUT2D eigenvalue weighted by Gasteiger charge is -2.16. The molecule has 0 aliphatic carbocycles. The number of ether oxygens (including phenoxy) is 2. The maximum Gasteiger partial charge on any atom is 0.271 e. The first-order chi connectivity index (χ1) is 11.8. The molecule has 0 aromatic heterocycles. The second-order valence-electron chi connectivity index (χ2n) is 4.97. The first-order valence-electron chi connectivity index (χ1n) is 7.07. The molecule has 7 nitrogen and oxygen atoms in total. The quantitative estimate of drug-likeness (QED) is 0.636. The van der Waals surface area contributed by atoms with Crippen molar-refractivity contribution in [2.24, 2.45) is 0 Å². The highest BCUT2D eigenvalue weighted by Gasteiger charge is 2.19. The van der Waals surface area contributed by atoms with Gasteiger partial charge in [-0.3, -0.25) is 14.9 Å². The van der Waals surface area contributed by atoms with Gasteiger partial charge in [0.1, 0.15) is 11.5 Å². The Balaban J connectivity index is 2.13. The van der Waals surface area contributed by atoms with Gasteiger partial charge in [0.15, 0.2) is 17.7 Å². The molecule has 0 aliphatic heterocycles. The first kappa shape index (κ1) is 18.1. The minimum Gasteiger partial charge on any atom is -0.495 e. The van der Waals surface area contributed by atoms with Crippen molar-refractivity contribution in [1.29, 1.82) is 0 Å². The number of halogens is 2. The SMILES string of the molecule is COc1ccc([N+](=O)[O-])cc1NC(=O)C(C)Oc1ccc(F)c(F)c1. The smallest absolute Gasteiger partial charge is 0.271 e. The molecule has 0 saturated carbocycles. The van der Waals surface area contributed by atoms with Crippen molar-refractivity contribution >= 4 is 17.3 Å². The Morgan fingerprint density at radius 1 is 1.20 bits per heavy atom. The highest BCUT2D eigenvalue weighted by Crippen LogP contribution is 2.29. The highest BCUT2D eigenvalue weighted by atomic mass is 19.2. The monoisotopic (exact) mass is 352 g/mol. The minimum atomic E-state index is -1.11. The molecule has 1 amide bonds. The molecule has 0 aliphatic rings. The van der Waals surface area contributed by atoms with E-state index in [1.807, 2.05) is 0 Å². The number of carbonyl (C=O) groups is 1. The largest absolute Gasteiger partial charge is 0.495 e. The predicted octanol–water partition coefficient (Wildman–Crippen LogP) is 3.29. The number of anilines is 1. The zero-order valence-corrected chi connectivity index (χ0v) is 13.3. The van der Waals surface area contributed by atoms with Gasteiger partial charge in [0, 0.05) is 18.2 Å². The summed E-state index contributed by atoms with van der Waals surface area (Å²) in [7, 11) is 1.35. The van der Waals surface area contributed by atoms with E-state index in [0.717, 1.165) is 18.2 Å². The Morgan fingerprint density at radius 3 is 2.52 bits per heavy atom. The van der Waals surface area contributed by atoms with Gasteiger partial charge in [-0.2, -0.15) is 0 Å². The molecule has 0 saturated heterocycles. The number of hydrogen-bond donors (Lipinski definition) is 1. The van der Waals surface area contributed by atoms with E-state index in [1.165, 1.54) is 32.2 Å². The highest BCUT2D eigenvalue weighted by molar-refractivity contribution is 5.95. The van der Waals surface area contributed by atoms with E-state index < -0.39 is 28.6 Å². The molecule has 0 spiro atoms. The third-order valence-electron chi connectivity index (χ3n) is 3.22. The number of methoxy groups -OCH3 is 1. The summed E-state index contributed by atoms with van der Waals surface area (Å²) in [5, 5.41) is 13.3. The van der Waals surface area contributed by atoms with Gasteiger partial charge in [-0.15, -0.1) is 0 Å². The molecule has 1 unspecified atom stereocenters. The molecular formula is C16H14F2N2O5. The average Bonchev–Trinajstić information content (AvgIpc) is 2.57. The van der Waals surface area contributed by atoms with Gasteiger partial charge in [-0.05, 0) is 25.1 Å². The maximum absolute atomic E-state index is 13.2. The van der Waals surface area contributed by atoms with Gasteiger partial charge in [-0.1, -0.05) is 0 Å². The maximum atomic E-state index is 13.2. The van der Waals surface area contributed by atoms with E-state index in [4.69, 9.17) is 9.47 Å². The van der Waals surface area contributed by atoms with Crippen LogP contribution in [-0.2, 0) is 4.79 Å². The Hall–Kier alpha value is -3.23. The van der Waals surface area contributed by atoms with Crippen LogP contribution in [0.2, 0.25) is 0 Å². The lowest BCUT2D eigenvalue weighted by molar-refractivity contribution is -0.384. The van der Waals surface area contributed by atoms with E-state index >= 15 is 0 Å². The number of nitrogens with zero attached hydrogens (tertiary/aromatic N) is 1. The fourth-order valence-electron chi connectivity index (χ4n) is 1.95. The fourth-order valence-corrected chi connectivity index (χ4v) is 1.95. The molecule has 2 rings (SSSR count). The lowest BCUT2D eigenvalue weighted by atomic mass is 10.2. The number of hydrogen-bond acceptors (Lipinski definition) is 5. The number of nitrogens with one attached hydrogen (secondary N) is 1. The van der Waals surface area contributed by atoms with Gasteiger partial charge in [0.05, 0.1) is 17.7 Å². The Kier molecular flexibility index (Phi) is 5.48. The second kappa shape index (κ2) is 7.56. The number of non-ortho nitro benzene ring substituents is 1. The summed E-state index contributed by atoms with van der Waals surface area (Å²) < 4.78 is 36.3. The van der Waals surface area contributed by atoms with Crippen molar-refractivity contribution in [3.8, 4) is 11.5 Å². The standard InChI is InChI=1S/C16H14F2N2O5/c1-9(25-11-4-5-12(17)13(18)8-11)16(21)19-14-7-10(20(22)23)3-6-15(14)24-2/h3-9H,1-2H3,(H,19,21). The second-order valence-corrected chi connectivity index (χ2v) is 4.97. The molecule has 0 radical (unpaired) electrons. The molecule has 0 bridgehead atoms. The van der Waals surface area contributed by atoms with Crippen LogP contribution < -0.4 is 14.8 Å². The van der Waals surface area contributed by atoms with Crippen LogP contribution in [0.5, 0.6) is 11.5 Å². The van der Waals surface area contributed by atoms with Gasteiger partial charge in [-0.25, -0.2) is 8.78 Å². The lowest BCUT2D eigenvalue weighted by Crippen LogP contribution is -2.30. The normalized spacial score (nSPS) is 11.5. The number of nitro benzene ring substituents is 1. The molecular weight excluding hydrogens is 338 g/mol. The van der Waals surface area contributed by atoms with E-state index in [2.05, 4.69) is 5.32 Å². The van der Waals surface area contributed by atoms with Crippen LogP contribution in [0.4, 0.5) is 20.2 Å². The van der Waals surface area contributed by atoms with Crippen molar-refractivity contribution in [1.82, 2.24) is 0 Å². The molecule has 25 heavy (non-hydrogen) atoms. The predicted molar refractivity (Wildman–Crippen MR) is 84.7 cm³/mol. The molecule has 0 fully saturated rings. The van der Waals surface area contributed by atoms with Crippen LogP contribution in [0.25, 0.3) is 0 Å². The summed E-state index contributed by atoms with van der Waals surface area (Å²) >= 11 is 0. The first-order valence-corrected chi connectivity index (χ1v) is 7.07. The number of amides is 1. The molecule has 9 heteroatoms. The van der Waals surface area contributed by atoms with Crippen LogP contribution in [0.1, 0.15) is 6.92 Å². The van der Waals surface area contributed by atoms with E-state index in [0.29, 0.717) is 0 Å². The van der Waals surface area contributed by atoms with E-state index in [9.17, 15) is 23.7 Å². The molecule has 1 atom stereocenters. The van der Waals surface area contributed by atoms with Crippen LogP contribution in [0, 0.1) is 21.7 Å². The summed E-state index contributed by atoms with van der Waals surface area (Å²) in [4.78, 5) is 22.4. The molecule has 0 heterocycles. The zero-order chi connectivity index (χ0) is 18.6. The topological polar surface area (TPSA) is 90.7 Å². The van der Waals surface area contributed by atoms with Crippen molar-refractivity contribution in [3.05, 3.63) is 58.1 Å². The zero-order valence-electron chi connectivity index (χ0n) is 13.3. The molecule has 2 aromatic rings. The van der Waals surface area contributed by atoms with Crippen molar-refractivity contribution in [3.63, 3.8) is 0 Å². The van der Waals surface area contributed by atoms with E-state index in [1.54, 1.807) is 0 Å². The number of nitro groups is 1. The van der Waals surface area contributed by atoms with Crippen molar-refractivity contribution in [2.45, 2.75) is 13.0 Å². The summed E-state index contributed by atoms with van der Waals surface area (Å²) in [5.41, 5.74) is -0.146. The third-order valence-corrected chi connectivity index (χ3v) is 3.22. The fraction of sp³-hybridized carbons (Fsp3) is 0.188. The Bertz CT molecular complexity index is 813. The molecule has 2 aromatic carbocycles. The minimum absolute atomic E-state index is 0.0347. The number of carbonyl (C=O) groups excluding carboxylic acids is 1. The molecule has 1 N–H and O–H groups in total. The van der Waals surface area contributed by atoms with Crippen LogP contribution >= 0.6 is 0 Å². The number of benzene rings is 2. The Labute approximate surface area is 141 Å². The van der Waals surface area contributed by atoms with Gasteiger partial charge in [0.2, 0.25) is 0 Å². The van der Waals surface area contributed by atoms with Gasteiger partial charge in [0.25, 0.3) is 11.6 Å². The van der Waals surface area contributed by atoms with Crippen LogP contribution in [0.15, 0.2) is 36.4 Å². The summed E-state index contributed by atoms with van der Waals surface area (Å²) in [6, 6.07) is 6.58. The Morgan fingerprint density at radius 2 is 1.92 bits per heavy atom. The van der Waals surface area contributed by atoms with Crippen LogP contribution in [-0.4, -0.2) is 24.0 Å². The summed E-state index contributed by atoms with van der Waals surface area (Å²) in [6.45, 7) is 1.39. The number of rotatable bonds is 6. The van der Waals surface area contributed by atoms with Gasteiger partial charge < -0.3 is 14.8 Å². The van der Waals surface area contributed by atoms with Crippen molar-refractivity contribution in [2.75, 3.05) is 12.4 Å². The molecule has 132 valence electrons. The summed E-state index contributed by atoms with van der Waals surface area (Å²) in [6.07, 6.45) is -1.08. The summed E-state index contributed by atoms with van der Waals surface area (Å²) in [5.74, 6) is -2.61. The van der Waals surface area contributed by atoms with E-state index in [-0.39, 0.29) is 22.9 Å². The van der Waals surface area contributed by atoms with Gasteiger partial charge >= 0.3 is 0 Å². The van der Waals surface area contributed by atoms with Crippen LogP contribution in [0.3, 0.4) is 0 Å². The van der Waals surface area contributed by atoms with Crippen molar-refractivity contribution < 1.29 is 28.0 Å². The average molecular weight is 352 g/mol.